The van der Waals surface area contributed by atoms with Gasteiger partial charge in [-0.3, -0.25) is 0 Å². The van der Waals surface area contributed by atoms with Crippen LogP contribution in [0.4, 0.5) is 0 Å². The van der Waals surface area contributed by atoms with Crippen LogP contribution in [0.5, 0.6) is 0 Å². The van der Waals surface area contributed by atoms with Crippen molar-refractivity contribution in [3.63, 3.8) is 0 Å². The van der Waals surface area contributed by atoms with Crippen molar-refractivity contribution in [3.8, 4) is 0 Å². The first-order valence-electron chi connectivity index (χ1n) is 7.32. The summed E-state index contributed by atoms with van der Waals surface area (Å²) in [4.78, 5) is 2.78. The van der Waals surface area contributed by atoms with Crippen molar-refractivity contribution in [1.29, 1.82) is 0 Å². The molecule has 3 aliphatic carbocycles. The summed E-state index contributed by atoms with van der Waals surface area (Å²) >= 11 is 0. The zero-order valence-electron chi connectivity index (χ0n) is 10.4. The molecule has 3 rings (SSSR count). The Morgan fingerprint density at radius 2 is 1.81 bits per heavy atom. The second-order valence-corrected chi connectivity index (χ2v) is 6.31. The molecular formula is C14H26N2. The van der Waals surface area contributed by atoms with E-state index >= 15 is 0 Å². The third-order valence-electron chi connectivity index (χ3n) is 4.76. The van der Waals surface area contributed by atoms with Crippen LogP contribution < -0.4 is 5.73 Å². The Morgan fingerprint density at radius 3 is 2.38 bits per heavy atom. The lowest BCUT2D eigenvalue weighted by Gasteiger charge is -2.24. The van der Waals surface area contributed by atoms with Gasteiger partial charge in [0.25, 0.3) is 0 Å². The SMILES string of the molecule is NC1CCCC1CCN(CC1CC1)C1CC1. The van der Waals surface area contributed by atoms with Crippen LogP contribution in [0.15, 0.2) is 0 Å². The van der Waals surface area contributed by atoms with E-state index in [2.05, 4.69) is 4.90 Å². The van der Waals surface area contributed by atoms with E-state index in [4.69, 9.17) is 5.73 Å². The van der Waals surface area contributed by atoms with Crippen molar-refractivity contribution >= 4 is 0 Å². The Morgan fingerprint density at radius 1 is 1.00 bits per heavy atom. The van der Waals surface area contributed by atoms with Crippen LogP contribution in [0.25, 0.3) is 0 Å². The molecule has 3 fully saturated rings. The van der Waals surface area contributed by atoms with Crippen LogP contribution in [0.2, 0.25) is 0 Å². The van der Waals surface area contributed by atoms with Gasteiger partial charge in [-0.15, -0.1) is 0 Å². The summed E-state index contributed by atoms with van der Waals surface area (Å²) in [6.45, 7) is 2.73. The second-order valence-electron chi connectivity index (χ2n) is 6.31. The number of nitrogens with two attached hydrogens (primary N) is 1. The van der Waals surface area contributed by atoms with Gasteiger partial charge in [0.1, 0.15) is 0 Å². The molecule has 16 heavy (non-hydrogen) atoms. The maximum atomic E-state index is 6.15. The number of hydrogen-bond acceptors (Lipinski definition) is 2. The molecule has 2 heteroatoms. The monoisotopic (exact) mass is 222 g/mol. The van der Waals surface area contributed by atoms with E-state index in [1.165, 1.54) is 64.5 Å². The zero-order valence-corrected chi connectivity index (χ0v) is 10.4. The van der Waals surface area contributed by atoms with E-state index in [1.54, 1.807) is 0 Å². The highest BCUT2D eigenvalue weighted by molar-refractivity contribution is 4.89. The summed E-state index contributed by atoms with van der Waals surface area (Å²) in [7, 11) is 0. The highest BCUT2D eigenvalue weighted by Crippen LogP contribution is 2.36. The highest BCUT2D eigenvalue weighted by Gasteiger charge is 2.34. The molecule has 3 saturated carbocycles. The van der Waals surface area contributed by atoms with Gasteiger partial charge < -0.3 is 10.6 Å². The van der Waals surface area contributed by atoms with E-state index < -0.39 is 0 Å². The molecular weight excluding hydrogens is 196 g/mol. The van der Waals surface area contributed by atoms with Crippen LogP contribution in [0.1, 0.15) is 51.4 Å². The van der Waals surface area contributed by atoms with Crippen molar-refractivity contribution in [2.24, 2.45) is 17.6 Å². The first-order valence-corrected chi connectivity index (χ1v) is 7.32. The normalized spacial score (nSPS) is 34.9. The fourth-order valence-electron chi connectivity index (χ4n) is 3.25. The third-order valence-corrected chi connectivity index (χ3v) is 4.76. The average Bonchev–Trinajstić information content (AvgIpc) is 3.14. The van der Waals surface area contributed by atoms with Crippen LogP contribution in [-0.2, 0) is 0 Å². The van der Waals surface area contributed by atoms with Crippen LogP contribution >= 0.6 is 0 Å². The molecule has 0 aromatic rings. The van der Waals surface area contributed by atoms with Gasteiger partial charge in [-0.05, 0) is 63.3 Å². The largest absolute Gasteiger partial charge is 0.327 e. The Hall–Kier alpha value is -0.0800. The Bertz CT molecular complexity index is 233. The van der Waals surface area contributed by atoms with Gasteiger partial charge in [-0.25, -0.2) is 0 Å². The molecule has 3 aliphatic rings. The number of hydrogen-bond donors (Lipinski definition) is 1. The fraction of sp³-hybridized carbons (Fsp3) is 1.00. The average molecular weight is 222 g/mol. The summed E-state index contributed by atoms with van der Waals surface area (Å²) in [5.41, 5.74) is 6.15. The lowest BCUT2D eigenvalue weighted by Crippen LogP contribution is -2.33. The summed E-state index contributed by atoms with van der Waals surface area (Å²) in [6, 6.07) is 1.47. The smallest absolute Gasteiger partial charge is 0.00965 e. The standard InChI is InChI=1S/C14H26N2/c15-14-3-1-2-12(14)8-9-16(13-6-7-13)10-11-4-5-11/h11-14H,1-10,15H2. The van der Waals surface area contributed by atoms with Crippen molar-refractivity contribution in [1.82, 2.24) is 4.90 Å². The predicted molar refractivity (Wildman–Crippen MR) is 67.3 cm³/mol. The Kier molecular flexibility index (Phi) is 3.21. The van der Waals surface area contributed by atoms with Gasteiger partial charge in [-0.2, -0.15) is 0 Å². The first-order chi connectivity index (χ1) is 7.83. The molecule has 0 aromatic heterocycles. The molecule has 2 nitrogen and oxygen atoms in total. The zero-order chi connectivity index (χ0) is 11.0. The van der Waals surface area contributed by atoms with Gasteiger partial charge in [-0.1, -0.05) is 6.42 Å². The summed E-state index contributed by atoms with van der Waals surface area (Å²) in [6.07, 6.45) is 11.3. The maximum Gasteiger partial charge on any atom is 0.00965 e. The van der Waals surface area contributed by atoms with E-state index in [-0.39, 0.29) is 0 Å². The fourth-order valence-corrected chi connectivity index (χ4v) is 3.25. The van der Waals surface area contributed by atoms with E-state index in [9.17, 15) is 0 Å². The molecule has 0 aromatic carbocycles. The second kappa shape index (κ2) is 4.66. The van der Waals surface area contributed by atoms with Gasteiger partial charge in [0.05, 0.1) is 0 Å². The molecule has 92 valence electrons. The summed E-state index contributed by atoms with van der Waals surface area (Å²) in [5.74, 6) is 1.89. The maximum absolute atomic E-state index is 6.15. The van der Waals surface area contributed by atoms with Crippen molar-refractivity contribution in [3.05, 3.63) is 0 Å². The molecule has 0 amide bonds. The molecule has 0 saturated heterocycles. The Labute approximate surface area is 99.6 Å². The predicted octanol–water partition coefficient (Wildman–Crippen LogP) is 2.38. The molecule has 0 aliphatic heterocycles. The molecule has 2 N–H and O–H groups in total. The van der Waals surface area contributed by atoms with E-state index in [0.717, 1.165) is 17.9 Å². The highest BCUT2D eigenvalue weighted by atomic mass is 15.2. The lowest BCUT2D eigenvalue weighted by molar-refractivity contribution is 0.229. The minimum atomic E-state index is 0.516. The van der Waals surface area contributed by atoms with Crippen LogP contribution in [0, 0.1) is 11.8 Å². The minimum absolute atomic E-state index is 0.516. The third kappa shape index (κ3) is 2.78. The van der Waals surface area contributed by atoms with Gasteiger partial charge >= 0.3 is 0 Å². The van der Waals surface area contributed by atoms with E-state index in [0.29, 0.717) is 6.04 Å². The van der Waals surface area contributed by atoms with Gasteiger partial charge in [0, 0.05) is 18.6 Å². The quantitative estimate of drug-likeness (QED) is 0.747. The minimum Gasteiger partial charge on any atom is -0.327 e. The van der Waals surface area contributed by atoms with Gasteiger partial charge in [0.2, 0.25) is 0 Å². The topological polar surface area (TPSA) is 29.3 Å². The van der Waals surface area contributed by atoms with Crippen LogP contribution in [-0.4, -0.2) is 30.1 Å². The molecule has 2 unspecified atom stereocenters. The molecule has 0 bridgehead atoms. The van der Waals surface area contributed by atoms with Crippen molar-refractivity contribution < 1.29 is 0 Å². The van der Waals surface area contributed by atoms with E-state index in [1.807, 2.05) is 0 Å². The van der Waals surface area contributed by atoms with Crippen molar-refractivity contribution in [2.75, 3.05) is 13.1 Å². The number of rotatable bonds is 6. The summed E-state index contributed by atoms with van der Waals surface area (Å²) < 4.78 is 0. The molecule has 0 spiro atoms. The van der Waals surface area contributed by atoms with Gasteiger partial charge in [0.15, 0.2) is 0 Å². The number of nitrogens with zero attached hydrogens (tertiary/aromatic N) is 1. The first kappa shape index (κ1) is 11.0. The lowest BCUT2D eigenvalue weighted by atomic mass is 10.00. The molecule has 0 heterocycles. The molecule has 0 radical (unpaired) electrons. The molecule has 2 atom stereocenters. The van der Waals surface area contributed by atoms with Crippen molar-refractivity contribution in [2.45, 2.75) is 63.5 Å². The summed E-state index contributed by atoms with van der Waals surface area (Å²) in [5, 5.41) is 0. The van der Waals surface area contributed by atoms with Crippen LogP contribution in [0.3, 0.4) is 0 Å². The Balaban J connectivity index is 1.43.